The number of carbonyl (C=O) groups excluding carboxylic acids is 1. The molecule has 6 heteroatoms. The molecular weight excluding hydrogens is 268 g/mol. The third-order valence-corrected chi connectivity index (χ3v) is 2.85. The Kier molecular flexibility index (Phi) is 5.88. The second-order valence-electron chi connectivity index (χ2n) is 4.64. The van der Waals surface area contributed by atoms with Crippen LogP contribution in [0.3, 0.4) is 0 Å². The van der Waals surface area contributed by atoms with Crippen LogP contribution in [0.15, 0.2) is 18.2 Å². The number of aliphatic hydroxyl groups is 1. The van der Waals surface area contributed by atoms with Crippen LogP contribution in [-0.2, 0) is 4.79 Å². The van der Waals surface area contributed by atoms with Crippen molar-refractivity contribution in [1.29, 1.82) is 0 Å². The van der Waals surface area contributed by atoms with Crippen molar-refractivity contribution in [1.82, 2.24) is 5.32 Å². The molecule has 2 N–H and O–H groups in total. The van der Waals surface area contributed by atoms with Gasteiger partial charge in [-0.25, -0.2) is 8.78 Å². The summed E-state index contributed by atoms with van der Waals surface area (Å²) >= 11 is 0. The number of amides is 1. The number of hydrogen-bond donors (Lipinski definition) is 2. The second-order valence-corrected chi connectivity index (χ2v) is 4.64. The monoisotopic (exact) mass is 287 g/mol. The van der Waals surface area contributed by atoms with Crippen LogP contribution < -0.4 is 10.1 Å². The quantitative estimate of drug-likeness (QED) is 0.804. The number of ether oxygens (including phenoxy) is 1. The van der Waals surface area contributed by atoms with E-state index >= 15 is 0 Å². The van der Waals surface area contributed by atoms with E-state index in [1.54, 1.807) is 6.07 Å². The molecule has 1 aromatic rings. The normalized spacial score (nSPS) is 11.2. The maximum absolute atomic E-state index is 12.7. The van der Waals surface area contributed by atoms with E-state index in [1.165, 1.54) is 0 Å². The van der Waals surface area contributed by atoms with E-state index in [4.69, 9.17) is 9.84 Å². The molecule has 0 fully saturated rings. The highest BCUT2D eigenvalue weighted by atomic mass is 19.3. The Bertz CT molecular complexity index is 464. The minimum absolute atomic E-state index is 0.0194. The summed E-state index contributed by atoms with van der Waals surface area (Å²) < 4.78 is 30.7. The highest BCUT2D eigenvalue weighted by molar-refractivity contribution is 5.76. The van der Waals surface area contributed by atoms with Crippen LogP contribution in [0.4, 0.5) is 8.78 Å². The fraction of sp³-hybridized carbons (Fsp3) is 0.500. The lowest BCUT2D eigenvalue weighted by molar-refractivity contribution is -0.124. The zero-order valence-corrected chi connectivity index (χ0v) is 11.6. The molecule has 0 aromatic heterocycles. The number of halogens is 2. The Morgan fingerprint density at radius 3 is 2.65 bits per heavy atom. The highest BCUT2D eigenvalue weighted by Crippen LogP contribution is 2.16. The van der Waals surface area contributed by atoms with Crippen LogP contribution in [0.25, 0.3) is 0 Å². The van der Waals surface area contributed by atoms with Crippen molar-refractivity contribution in [2.24, 2.45) is 0 Å². The zero-order valence-electron chi connectivity index (χ0n) is 11.6. The van der Waals surface area contributed by atoms with Gasteiger partial charge in [-0.1, -0.05) is 6.07 Å². The Morgan fingerprint density at radius 1 is 1.35 bits per heavy atom. The molecule has 0 aliphatic rings. The Labute approximate surface area is 116 Å². The third-order valence-electron chi connectivity index (χ3n) is 2.85. The fourth-order valence-electron chi connectivity index (χ4n) is 1.44. The topological polar surface area (TPSA) is 58.6 Å². The lowest BCUT2D eigenvalue weighted by Crippen LogP contribution is -2.39. The number of rotatable bonds is 7. The SMILES string of the molecule is Cc1ccc(OCCC(=O)NCC(F)(F)CO)cc1C. The van der Waals surface area contributed by atoms with E-state index in [9.17, 15) is 13.6 Å². The third kappa shape index (κ3) is 5.52. The average molecular weight is 287 g/mol. The molecule has 0 spiro atoms. The van der Waals surface area contributed by atoms with Crippen molar-refractivity contribution in [3.8, 4) is 5.75 Å². The van der Waals surface area contributed by atoms with Crippen molar-refractivity contribution in [2.75, 3.05) is 19.8 Å². The molecule has 0 atom stereocenters. The molecule has 1 amide bonds. The summed E-state index contributed by atoms with van der Waals surface area (Å²) in [6.07, 6.45) is -0.0194. The van der Waals surface area contributed by atoms with E-state index in [-0.39, 0.29) is 13.0 Å². The van der Waals surface area contributed by atoms with E-state index in [2.05, 4.69) is 5.32 Å². The maximum Gasteiger partial charge on any atom is 0.287 e. The van der Waals surface area contributed by atoms with Crippen molar-refractivity contribution in [3.05, 3.63) is 29.3 Å². The summed E-state index contributed by atoms with van der Waals surface area (Å²) in [6.45, 7) is 1.89. The molecule has 4 nitrogen and oxygen atoms in total. The molecule has 0 aliphatic carbocycles. The summed E-state index contributed by atoms with van der Waals surface area (Å²) in [5.74, 6) is -3.19. The van der Waals surface area contributed by atoms with Crippen molar-refractivity contribution in [3.63, 3.8) is 0 Å². The molecule has 20 heavy (non-hydrogen) atoms. The first-order valence-corrected chi connectivity index (χ1v) is 6.29. The van der Waals surface area contributed by atoms with Gasteiger partial charge in [0.05, 0.1) is 19.6 Å². The lowest BCUT2D eigenvalue weighted by Gasteiger charge is -2.14. The number of nitrogens with one attached hydrogen (secondary N) is 1. The lowest BCUT2D eigenvalue weighted by atomic mass is 10.1. The first-order chi connectivity index (χ1) is 9.34. The van der Waals surface area contributed by atoms with Gasteiger partial charge in [-0.3, -0.25) is 4.79 Å². The standard InChI is InChI=1S/C14H19F2NO3/c1-10-3-4-12(7-11(10)2)20-6-5-13(19)17-8-14(15,16)9-18/h3-4,7,18H,5-6,8-9H2,1-2H3,(H,17,19). The van der Waals surface area contributed by atoms with Crippen molar-refractivity contribution in [2.45, 2.75) is 26.2 Å². The molecule has 112 valence electrons. The molecule has 0 bridgehead atoms. The molecule has 0 saturated heterocycles. The average Bonchev–Trinajstić information content (AvgIpc) is 2.41. The molecule has 1 aromatic carbocycles. The van der Waals surface area contributed by atoms with Crippen LogP contribution >= 0.6 is 0 Å². The minimum Gasteiger partial charge on any atom is -0.493 e. The molecule has 0 unspecified atom stereocenters. The predicted molar refractivity (Wildman–Crippen MR) is 71.1 cm³/mol. The van der Waals surface area contributed by atoms with Gasteiger partial charge >= 0.3 is 0 Å². The summed E-state index contributed by atoms with van der Waals surface area (Å²) in [5.41, 5.74) is 2.22. The van der Waals surface area contributed by atoms with Crippen LogP contribution in [0.5, 0.6) is 5.75 Å². The van der Waals surface area contributed by atoms with Gasteiger partial charge in [0.25, 0.3) is 5.92 Å². The van der Waals surface area contributed by atoms with Gasteiger partial charge in [-0.2, -0.15) is 0 Å². The van der Waals surface area contributed by atoms with Crippen molar-refractivity contribution < 1.29 is 23.4 Å². The van der Waals surface area contributed by atoms with Gasteiger partial charge in [0.2, 0.25) is 5.91 Å². The van der Waals surface area contributed by atoms with Gasteiger partial charge in [0.1, 0.15) is 12.4 Å². The van der Waals surface area contributed by atoms with Gasteiger partial charge in [0, 0.05) is 0 Å². The predicted octanol–water partition coefficient (Wildman–Crippen LogP) is 1.82. The van der Waals surface area contributed by atoms with Gasteiger partial charge < -0.3 is 15.2 Å². The largest absolute Gasteiger partial charge is 0.493 e. The number of aliphatic hydroxyl groups excluding tert-OH is 1. The summed E-state index contributed by atoms with van der Waals surface area (Å²) in [7, 11) is 0. The molecule has 0 radical (unpaired) electrons. The number of carbonyl (C=O) groups is 1. The zero-order chi connectivity index (χ0) is 15.2. The molecule has 0 heterocycles. The minimum atomic E-state index is -3.29. The highest BCUT2D eigenvalue weighted by Gasteiger charge is 2.27. The van der Waals surface area contributed by atoms with Crippen LogP contribution in [-0.4, -0.2) is 36.7 Å². The molecule has 1 rings (SSSR count). The Morgan fingerprint density at radius 2 is 2.05 bits per heavy atom. The Hall–Kier alpha value is -1.69. The molecular formula is C14H19F2NO3. The van der Waals surface area contributed by atoms with Gasteiger partial charge in [-0.15, -0.1) is 0 Å². The molecule has 0 saturated carbocycles. The number of alkyl halides is 2. The van der Waals surface area contributed by atoms with Crippen LogP contribution in [0.1, 0.15) is 17.5 Å². The number of aryl methyl sites for hydroxylation is 2. The first-order valence-electron chi connectivity index (χ1n) is 6.29. The first kappa shape index (κ1) is 16.4. The van der Waals surface area contributed by atoms with E-state index in [0.29, 0.717) is 5.75 Å². The second kappa shape index (κ2) is 7.19. The van der Waals surface area contributed by atoms with Crippen LogP contribution in [0, 0.1) is 13.8 Å². The van der Waals surface area contributed by atoms with E-state index < -0.39 is 25.0 Å². The van der Waals surface area contributed by atoms with Gasteiger partial charge in [-0.05, 0) is 37.1 Å². The fourth-order valence-corrected chi connectivity index (χ4v) is 1.44. The Balaban J connectivity index is 2.30. The number of hydrogen-bond acceptors (Lipinski definition) is 3. The summed E-state index contributed by atoms with van der Waals surface area (Å²) in [6, 6.07) is 5.56. The maximum atomic E-state index is 12.7. The smallest absolute Gasteiger partial charge is 0.287 e. The van der Waals surface area contributed by atoms with Crippen molar-refractivity contribution >= 4 is 5.91 Å². The van der Waals surface area contributed by atoms with E-state index in [0.717, 1.165) is 11.1 Å². The summed E-state index contributed by atoms with van der Waals surface area (Å²) in [5, 5.41) is 10.4. The van der Waals surface area contributed by atoms with E-state index in [1.807, 2.05) is 26.0 Å². The van der Waals surface area contributed by atoms with Gasteiger partial charge in [0.15, 0.2) is 0 Å². The summed E-state index contributed by atoms with van der Waals surface area (Å²) in [4.78, 5) is 11.3. The number of benzene rings is 1. The van der Waals surface area contributed by atoms with Crippen LogP contribution in [0.2, 0.25) is 0 Å². The molecule has 0 aliphatic heterocycles.